The summed E-state index contributed by atoms with van der Waals surface area (Å²) in [6.45, 7) is 3.72. The molecular formula is C12H15ClFN3. The molecule has 0 aromatic carbocycles. The summed E-state index contributed by atoms with van der Waals surface area (Å²) in [5, 5.41) is 0.350. The van der Waals surface area contributed by atoms with Gasteiger partial charge in [0.05, 0.1) is 5.02 Å². The summed E-state index contributed by atoms with van der Waals surface area (Å²) in [6, 6.07) is 2.12. The Kier molecular flexibility index (Phi) is 2.92. The van der Waals surface area contributed by atoms with Crippen LogP contribution in [0.3, 0.4) is 0 Å². The van der Waals surface area contributed by atoms with Gasteiger partial charge in [0.1, 0.15) is 0 Å². The average molecular weight is 256 g/mol. The molecule has 0 radical (unpaired) electrons. The Morgan fingerprint density at radius 3 is 2.53 bits per heavy atom. The minimum atomic E-state index is -0.322. The Morgan fingerprint density at radius 1 is 1.24 bits per heavy atom. The topological polar surface area (TPSA) is 19.4 Å². The van der Waals surface area contributed by atoms with Crippen molar-refractivity contribution >= 4 is 17.4 Å². The Morgan fingerprint density at radius 2 is 1.94 bits per heavy atom. The number of rotatable bonds is 2. The fraction of sp³-hybridized carbons (Fsp3) is 0.583. The van der Waals surface area contributed by atoms with Gasteiger partial charge in [-0.2, -0.15) is 0 Å². The van der Waals surface area contributed by atoms with Gasteiger partial charge in [0, 0.05) is 38.4 Å². The summed E-state index contributed by atoms with van der Waals surface area (Å²) in [7, 11) is 0. The summed E-state index contributed by atoms with van der Waals surface area (Å²) in [5.41, 5.74) is 0. The lowest BCUT2D eigenvalue weighted by Crippen LogP contribution is -2.47. The van der Waals surface area contributed by atoms with Gasteiger partial charge in [-0.05, 0) is 18.9 Å². The molecule has 3 nitrogen and oxygen atoms in total. The van der Waals surface area contributed by atoms with E-state index in [1.807, 2.05) is 4.90 Å². The zero-order valence-electron chi connectivity index (χ0n) is 9.57. The number of piperazine rings is 1. The number of nitrogens with zero attached hydrogens (tertiary/aromatic N) is 3. The zero-order chi connectivity index (χ0) is 11.8. The van der Waals surface area contributed by atoms with Crippen LogP contribution in [0.1, 0.15) is 12.8 Å². The van der Waals surface area contributed by atoms with Gasteiger partial charge in [-0.15, -0.1) is 0 Å². The Balaban J connectivity index is 1.68. The molecule has 0 atom stereocenters. The van der Waals surface area contributed by atoms with Crippen molar-refractivity contribution in [1.82, 2.24) is 9.88 Å². The lowest BCUT2D eigenvalue weighted by molar-refractivity contribution is 0.247. The predicted molar refractivity (Wildman–Crippen MR) is 66.0 cm³/mol. The van der Waals surface area contributed by atoms with E-state index in [0.29, 0.717) is 10.8 Å². The quantitative estimate of drug-likeness (QED) is 0.807. The molecule has 92 valence electrons. The molecule has 1 aliphatic heterocycles. The van der Waals surface area contributed by atoms with Crippen LogP contribution >= 0.6 is 11.6 Å². The molecule has 2 heterocycles. The van der Waals surface area contributed by atoms with Gasteiger partial charge in [0.25, 0.3) is 0 Å². The largest absolute Gasteiger partial charge is 0.352 e. The van der Waals surface area contributed by atoms with Crippen molar-refractivity contribution < 1.29 is 4.39 Å². The van der Waals surface area contributed by atoms with E-state index in [1.165, 1.54) is 25.1 Å². The van der Waals surface area contributed by atoms with Crippen LogP contribution in [-0.4, -0.2) is 42.1 Å². The maximum absolute atomic E-state index is 13.7. The van der Waals surface area contributed by atoms with Crippen LogP contribution in [0.15, 0.2) is 12.3 Å². The zero-order valence-corrected chi connectivity index (χ0v) is 10.3. The molecule has 3 rings (SSSR count). The van der Waals surface area contributed by atoms with Crippen molar-refractivity contribution in [3.63, 3.8) is 0 Å². The number of hydrogen-bond acceptors (Lipinski definition) is 3. The van der Waals surface area contributed by atoms with Crippen molar-refractivity contribution in [2.75, 3.05) is 31.1 Å². The number of aromatic nitrogens is 1. The summed E-state index contributed by atoms with van der Waals surface area (Å²) in [6.07, 6.45) is 4.16. The van der Waals surface area contributed by atoms with E-state index in [4.69, 9.17) is 11.6 Å². The first-order valence-electron chi connectivity index (χ1n) is 6.04. The lowest BCUT2D eigenvalue weighted by atomic mass is 10.3. The van der Waals surface area contributed by atoms with E-state index < -0.39 is 0 Å². The minimum Gasteiger partial charge on any atom is -0.352 e. The summed E-state index contributed by atoms with van der Waals surface area (Å²) < 4.78 is 13.7. The first kappa shape index (κ1) is 11.2. The lowest BCUT2D eigenvalue weighted by Gasteiger charge is -2.35. The minimum absolute atomic E-state index is 0.322. The number of hydrogen-bond donors (Lipinski definition) is 0. The fourth-order valence-corrected chi connectivity index (χ4v) is 2.52. The maximum atomic E-state index is 13.7. The summed E-state index contributed by atoms with van der Waals surface area (Å²) in [4.78, 5) is 8.58. The monoisotopic (exact) mass is 255 g/mol. The van der Waals surface area contributed by atoms with Crippen LogP contribution in [-0.2, 0) is 0 Å². The molecule has 0 unspecified atom stereocenters. The Labute approximate surface area is 105 Å². The molecule has 2 fully saturated rings. The second-order valence-corrected chi connectivity index (χ2v) is 5.15. The molecule has 17 heavy (non-hydrogen) atoms. The summed E-state index contributed by atoms with van der Waals surface area (Å²) >= 11 is 5.70. The maximum Gasteiger partial charge on any atom is 0.167 e. The number of pyridine rings is 1. The molecule has 1 aliphatic carbocycles. The molecule has 1 saturated heterocycles. The van der Waals surface area contributed by atoms with Crippen molar-refractivity contribution in [3.05, 3.63) is 23.1 Å². The van der Waals surface area contributed by atoms with Crippen molar-refractivity contribution in [1.29, 1.82) is 0 Å². The first-order valence-corrected chi connectivity index (χ1v) is 6.42. The normalized spacial score (nSPS) is 21.9. The second kappa shape index (κ2) is 4.42. The molecule has 1 aromatic heterocycles. The fourth-order valence-electron chi connectivity index (χ4n) is 2.38. The molecule has 0 spiro atoms. The molecule has 0 bridgehead atoms. The highest BCUT2D eigenvalue weighted by molar-refractivity contribution is 6.30. The van der Waals surface area contributed by atoms with Gasteiger partial charge in [-0.3, -0.25) is 4.90 Å². The van der Waals surface area contributed by atoms with Crippen molar-refractivity contribution in [2.45, 2.75) is 18.9 Å². The molecule has 0 amide bonds. The van der Waals surface area contributed by atoms with E-state index in [-0.39, 0.29) is 5.82 Å². The molecule has 1 saturated carbocycles. The molecule has 1 aromatic rings. The van der Waals surface area contributed by atoms with Gasteiger partial charge in [0.15, 0.2) is 11.6 Å². The van der Waals surface area contributed by atoms with E-state index in [1.54, 1.807) is 0 Å². The van der Waals surface area contributed by atoms with E-state index in [9.17, 15) is 4.39 Å². The van der Waals surface area contributed by atoms with Crippen LogP contribution in [0.25, 0.3) is 0 Å². The molecule has 5 heteroatoms. The standard InChI is InChI=1S/C12H15ClFN3/c13-9-7-11(14)12(15-8-9)17-5-3-16(4-6-17)10-1-2-10/h7-8,10H,1-6H2. The van der Waals surface area contributed by atoms with Gasteiger partial charge >= 0.3 is 0 Å². The highest BCUT2D eigenvalue weighted by Gasteiger charge is 2.31. The van der Waals surface area contributed by atoms with Crippen molar-refractivity contribution in [3.8, 4) is 0 Å². The predicted octanol–water partition coefficient (Wildman–Crippen LogP) is 2.16. The first-order chi connectivity index (χ1) is 8.24. The third-order valence-electron chi connectivity index (χ3n) is 3.47. The van der Waals surface area contributed by atoms with E-state index in [0.717, 1.165) is 32.2 Å². The van der Waals surface area contributed by atoms with Crippen LogP contribution in [0, 0.1) is 5.82 Å². The van der Waals surface area contributed by atoms with Crippen LogP contribution in [0.2, 0.25) is 5.02 Å². The summed E-state index contributed by atoms with van der Waals surface area (Å²) in [5.74, 6) is 0.113. The molecular weight excluding hydrogens is 241 g/mol. The highest BCUT2D eigenvalue weighted by Crippen LogP contribution is 2.28. The van der Waals surface area contributed by atoms with Gasteiger partial charge in [-0.1, -0.05) is 11.6 Å². The van der Waals surface area contributed by atoms with E-state index >= 15 is 0 Å². The van der Waals surface area contributed by atoms with Crippen LogP contribution in [0.4, 0.5) is 10.2 Å². The van der Waals surface area contributed by atoms with Crippen LogP contribution < -0.4 is 4.90 Å². The van der Waals surface area contributed by atoms with Gasteiger partial charge < -0.3 is 4.90 Å². The van der Waals surface area contributed by atoms with Gasteiger partial charge in [0.2, 0.25) is 0 Å². The average Bonchev–Trinajstić information content (AvgIpc) is 3.13. The third kappa shape index (κ3) is 2.38. The highest BCUT2D eigenvalue weighted by atomic mass is 35.5. The second-order valence-electron chi connectivity index (χ2n) is 4.71. The number of halogens is 2. The van der Waals surface area contributed by atoms with E-state index in [2.05, 4.69) is 9.88 Å². The Hall–Kier alpha value is -0.870. The SMILES string of the molecule is Fc1cc(Cl)cnc1N1CCN(C2CC2)CC1. The molecule has 0 N–H and O–H groups in total. The van der Waals surface area contributed by atoms with Gasteiger partial charge in [-0.25, -0.2) is 9.37 Å². The Bertz CT molecular complexity index is 414. The smallest absolute Gasteiger partial charge is 0.167 e. The number of anilines is 1. The molecule has 2 aliphatic rings. The van der Waals surface area contributed by atoms with Crippen LogP contribution in [0.5, 0.6) is 0 Å². The van der Waals surface area contributed by atoms with Crippen molar-refractivity contribution in [2.24, 2.45) is 0 Å². The third-order valence-corrected chi connectivity index (χ3v) is 3.67.